The van der Waals surface area contributed by atoms with E-state index in [0.29, 0.717) is 5.69 Å². The number of primary amides is 1. The van der Waals surface area contributed by atoms with E-state index in [1.54, 1.807) is 0 Å². The van der Waals surface area contributed by atoms with Crippen LogP contribution in [0.5, 0.6) is 5.75 Å². The summed E-state index contributed by atoms with van der Waals surface area (Å²) in [7, 11) is 0. The van der Waals surface area contributed by atoms with E-state index in [0.717, 1.165) is 18.3 Å². The first kappa shape index (κ1) is 12.0. The molecular weight excluding hydrogens is 225 g/mol. The summed E-state index contributed by atoms with van der Waals surface area (Å²) < 4.78 is 38.9. The molecule has 1 aromatic heterocycles. The molecule has 0 aliphatic carbocycles. The predicted molar refractivity (Wildman–Crippen MR) is 49.1 cm³/mol. The van der Waals surface area contributed by atoms with Crippen LogP contribution in [0.15, 0.2) is 24.4 Å². The van der Waals surface area contributed by atoms with Gasteiger partial charge >= 0.3 is 6.36 Å². The average molecular weight is 232 g/mol. The summed E-state index contributed by atoms with van der Waals surface area (Å²) in [6.07, 6.45) is -1.52. The van der Waals surface area contributed by atoms with Crippen molar-refractivity contribution in [1.82, 2.24) is 4.98 Å². The monoisotopic (exact) mass is 232 g/mol. The lowest BCUT2D eigenvalue weighted by atomic mass is 10.3. The van der Waals surface area contributed by atoms with Gasteiger partial charge in [-0.15, -0.1) is 13.2 Å². The molecule has 1 amide bonds. The third-order valence-corrected chi connectivity index (χ3v) is 1.41. The number of pyridine rings is 1. The van der Waals surface area contributed by atoms with Crippen LogP contribution in [0.25, 0.3) is 6.08 Å². The van der Waals surface area contributed by atoms with Crippen LogP contribution in [0.4, 0.5) is 13.2 Å². The number of rotatable bonds is 3. The summed E-state index contributed by atoms with van der Waals surface area (Å²) in [5.41, 5.74) is 5.13. The molecule has 0 saturated heterocycles. The largest absolute Gasteiger partial charge is 0.573 e. The number of halogens is 3. The topological polar surface area (TPSA) is 65.2 Å². The highest BCUT2D eigenvalue weighted by molar-refractivity contribution is 5.89. The van der Waals surface area contributed by atoms with Crippen LogP contribution in [0, 0.1) is 0 Å². The fraction of sp³-hybridized carbons (Fsp3) is 0.111. The molecule has 2 N–H and O–H groups in total. The zero-order chi connectivity index (χ0) is 12.2. The van der Waals surface area contributed by atoms with Crippen molar-refractivity contribution >= 4 is 12.0 Å². The van der Waals surface area contributed by atoms with Gasteiger partial charge in [0, 0.05) is 6.08 Å². The van der Waals surface area contributed by atoms with Crippen LogP contribution in [0.1, 0.15) is 5.69 Å². The van der Waals surface area contributed by atoms with Crippen molar-refractivity contribution in [3.05, 3.63) is 30.1 Å². The summed E-state index contributed by atoms with van der Waals surface area (Å²) in [4.78, 5) is 14.0. The number of ether oxygens (including phenoxy) is 1. The standard InChI is InChI=1S/C9H7F3N2O2/c10-9(11,12)16-7-3-1-6(14-5-7)2-4-8(13)15/h1-5H,(H2,13,15). The number of hydrogen-bond donors (Lipinski definition) is 1. The van der Waals surface area contributed by atoms with Crippen molar-refractivity contribution in [1.29, 1.82) is 0 Å². The Hall–Kier alpha value is -2.05. The summed E-state index contributed by atoms with van der Waals surface area (Å²) in [5.74, 6) is -1.10. The number of nitrogens with two attached hydrogens (primary N) is 1. The van der Waals surface area contributed by atoms with Crippen molar-refractivity contribution in [3.63, 3.8) is 0 Å². The van der Waals surface area contributed by atoms with Crippen LogP contribution in [-0.2, 0) is 4.79 Å². The minimum atomic E-state index is -4.74. The maximum atomic E-state index is 11.8. The second kappa shape index (κ2) is 4.65. The number of carbonyl (C=O) groups is 1. The van der Waals surface area contributed by atoms with Crippen LogP contribution >= 0.6 is 0 Å². The van der Waals surface area contributed by atoms with E-state index in [1.807, 2.05) is 0 Å². The predicted octanol–water partition coefficient (Wildman–Crippen LogP) is 1.48. The molecule has 0 unspecified atom stereocenters. The normalized spacial score (nSPS) is 11.7. The van der Waals surface area contributed by atoms with Gasteiger partial charge < -0.3 is 10.5 Å². The number of alkyl halides is 3. The Balaban J connectivity index is 2.72. The Kier molecular flexibility index (Phi) is 3.49. The van der Waals surface area contributed by atoms with E-state index in [1.165, 1.54) is 12.1 Å². The average Bonchev–Trinajstić information content (AvgIpc) is 2.14. The summed E-state index contributed by atoms with van der Waals surface area (Å²) >= 11 is 0. The molecule has 0 radical (unpaired) electrons. The molecule has 0 aliphatic rings. The van der Waals surface area contributed by atoms with Crippen LogP contribution in [-0.4, -0.2) is 17.3 Å². The summed E-state index contributed by atoms with van der Waals surface area (Å²) in [6.45, 7) is 0. The molecule has 16 heavy (non-hydrogen) atoms. The van der Waals surface area contributed by atoms with Gasteiger partial charge in [0.2, 0.25) is 5.91 Å². The van der Waals surface area contributed by atoms with E-state index in [4.69, 9.17) is 5.73 Å². The highest BCUT2D eigenvalue weighted by Crippen LogP contribution is 2.21. The molecule has 0 aliphatic heterocycles. The minimum absolute atomic E-state index is 0.299. The van der Waals surface area contributed by atoms with E-state index >= 15 is 0 Å². The van der Waals surface area contributed by atoms with Crippen molar-refractivity contribution in [2.75, 3.05) is 0 Å². The van der Waals surface area contributed by atoms with Crippen molar-refractivity contribution in [3.8, 4) is 5.75 Å². The Labute approximate surface area is 88.5 Å². The summed E-state index contributed by atoms with van der Waals surface area (Å²) in [5, 5.41) is 0. The SMILES string of the molecule is NC(=O)C=Cc1ccc(OC(F)(F)F)cn1. The second-order valence-corrected chi connectivity index (χ2v) is 2.70. The second-order valence-electron chi connectivity index (χ2n) is 2.70. The Morgan fingerprint density at radius 3 is 2.56 bits per heavy atom. The number of carbonyl (C=O) groups excluding carboxylic acids is 1. The third-order valence-electron chi connectivity index (χ3n) is 1.41. The van der Waals surface area contributed by atoms with Gasteiger partial charge in [-0.2, -0.15) is 0 Å². The van der Waals surface area contributed by atoms with Crippen molar-refractivity contribution < 1.29 is 22.7 Å². The van der Waals surface area contributed by atoms with Gasteiger partial charge in [-0.25, -0.2) is 0 Å². The quantitative estimate of drug-likeness (QED) is 0.802. The molecule has 7 heteroatoms. The van der Waals surface area contributed by atoms with Gasteiger partial charge in [0.05, 0.1) is 11.9 Å². The lowest BCUT2D eigenvalue weighted by Crippen LogP contribution is -2.17. The fourth-order valence-corrected chi connectivity index (χ4v) is 0.852. The zero-order valence-corrected chi connectivity index (χ0v) is 7.86. The number of nitrogens with zero attached hydrogens (tertiary/aromatic N) is 1. The molecule has 1 aromatic rings. The molecule has 0 spiro atoms. The number of aromatic nitrogens is 1. The molecule has 0 bridgehead atoms. The first-order chi connectivity index (χ1) is 7.37. The summed E-state index contributed by atoms with van der Waals surface area (Å²) in [6, 6.07) is 2.35. The lowest BCUT2D eigenvalue weighted by molar-refractivity contribution is -0.274. The molecule has 4 nitrogen and oxygen atoms in total. The van der Waals surface area contributed by atoms with Gasteiger partial charge in [0.25, 0.3) is 0 Å². The molecule has 0 atom stereocenters. The first-order valence-corrected chi connectivity index (χ1v) is 4.06. The molecule has 1 rings (SSSR count). The first-order valence-electron chi connectivity index (χ1n) is 4.06. The number of hydrogen-bond acceptors (Lipinski definition) is 3. The highest BCUT2D eigenvalue weighted by atomic mass is 19.4. The van der Waals surface area contributed by atoms with Crippen LogP contribution in [0.3, 0.4) is 0 Å². The van der Waals surface area contributed by atoms with E-state index in [2.05, 4.69) is 9.72 Å². The molecule has 0 fully saturated rings. The van der Waals surface area contributed by atoms with E-state index < -0.39 is 18.0 Å². The highest BCUT2D eigenvalue weighted by Gasteiger charge is 2.31. The van der Waals surface area contributed by atoms with Gasteiger partial charge in [0.1, 0.15) is 5.75 Å². The Bertz CT molecular complexity index is 398. The van der Waals surface area contributed by atoms with Gasteiger partial charge in [-0.3, -0.25) is 9.78 Å². The van der Waals surface area contributed by atoms with E-state index in [-0.39, 0.29) is 0 Å². The Morgan fingerprint density at radius 1 is 1.44 bits per heavy atom. The maximum absolute atomic E-state index is 11.8. The van der Waals surface area contributed by atoms with E-state index in [9.17, 15) is 18.0 Å². The lowest BCUT2D eigenvalue weighted by Gasteiger charge is -2.07. The molecule has 0 aromatic carbocycles. The maximum Gasteiger partial charge on any atom is 0.573 e. The van der Waals surface area contributed by atoms with Gasteiger partial charge in [-0.1, -0.05) is 0 Å². The van der Waals surface area contributed by atoms with Crippen molar-refractivity contribution in [2.45, 2.75) is 6.36 Å². The smallest absolute Gasteiger partial charge is 0.404 e. The van der Waals surface area contributed by atoms with Crippen LogP contribution < -0.4 is 10.5 Å². The number of amides is 1. The third kappa shape index (κ3) is 4.45. The zero-order valence-electron chi connectivity index (χ0n) is 7.86. The van der Waals surface area contributed by atoms with Crippen molar-refractivity contribution in [2.24, 2.45) is 5.73 Å². The van der Waals surface area contributed by atoms with Gasteiger partial charge in [-0.05, 0) is 18.2 Å². The molecule has 86 valence electrons. The van der Waals surface area contributed by atoms with Crippen LogP contribution in [0.2, 0.25) is 0 Å². The minimum Gasteiger partial charge on any atom is -0.404 e. The molecule has 0 saturated carbocycles. The molecular formula is C9H7F3N2O2. The Morgan fingerprint density at radius 2 is 2.12 bits per heavy atom. The molecule has 1 heterocycles. The van der Waals surface area contributed by atoms with Gasteiger partial charge in [0.15, 0.2) is 0 Å². The fourth-order valence-electron chi connectivity index (χ4n) is 0.852.